The average Bonchev–Trinajstić information content (AvgIpc) is 3.30. The lowest BCUT2D eigenvalue weighted by atomic mass is 9.89. The van der Waals surface area contributed by atoms with E-state index in [1.54, 1.807) is 19.2 Å². The summed E-state index contributed by atoms with van der Waals surface area (Å²) in [4.78, 5) is 71.1. The number of carboxylic acids is 3. The van der Waals surface area contributed by atoms with Gasteiger partial charge in [-0.25, -0.2) is 4.98 Å². The number of Topliss-reactive ketones (excluding diaryl/α,β-unsaturated/α-hetero) is 1. The Bertz CT molecular complexity index is 1510. The predicted octanol–water partition coefficient (Wildman–Crippen LogP) is 1.45. The zero-order chi connectivity index (χ0) is 30.4. The molecule has 0 radical (unpaired) electrons. The van der Waals surface area contributed by atoms with Gasteiger partial charge < -0.3 is 36.5 Å². The number of aromatic amines is 1. The fourth-order valence-corrected chi connectivity index (χ4v) is 4.57. The number of fused-ring (bicyclic) bond motifs is 1. The number of aromatic nitrogens is 3. The fraction of sp³-hybridized carbons (Fsp3) is 0.346. The minimum absolute atomic E-state index is 0.0212. The summed E-state index contributed by atoms with van der Waals surface area (Å²) in [6, 6.07) is 1.33. The molecule has 8 N–H and O–H groups in total. The Hall–Kier alpha value is -4.56. The zero-order valence-corrected chi connectivity index (χ0v) is 22.5. The van der Waals surface area contributed by atoms with Gasteiger partial charge in [0.2, 0.25) is 5.88 Å². The van der Waals surface area contributed by atoms with E-state index in [0.717, 1.165) is 11.1 Å². The van der Waals surface area contributed by atoms with Crippen molar-refractivity contribution in [2.45, 2.75) is 51.1 Å². The summed E-state index contributed by atoms with van der Waals surface area (Å²) in [5, 5.41) is 40.6. The minimum atomic E-state index is -1.89. The summed E-state index contributed by atoms with van der Waals surface area (Å²) in [6.45, 7) is 1.66. The third-order valence-electron chi connectivity index (χ3n) is 6.41. The van der Waals surface area contributed by atoms with E-state index in [1.165, 1.54) is 12.1 Å². The number of aryl methyl sites for hydroxylation is 3. The number of nitrogens with zero attached hydrogens (tertiary/aromatic N) is 2. The van der Waals surface area contributed by atoms with E-state index < -0.39 is 66.9 Å². The maximum atomic E-state index is 13.0. The van der Waals surface area contributed by atoms with Gasteiger partial charge in [-0.1, -0.05) is 17.7 Å². The Morgan fingerprint density at radius 1 is 1.07 bits per heavy atom. The summed E-state index contributed by atoms with van der Waals surface area (Å²) < 4.78 is 0. The van der Waals surface area contributed by atoms with Crippen molar-refractivity contribution in [1.29, 1.82) is 0 Å². The molecule has 15 heteroatoms. The summed E-state index contributed by atoms with van der Waals surface area (Å²) in [5.41, 5.74) is 7.36. The number of carboxylic acid groups (broad SMARTS) is 3. The van der Waals surface area contributed by atoms with Gasteiger partial charge in [0.15, 0.2) is 5.78 Å². The topological polar surface area (TPSA) is 246 Å². The van der Waals surface area contributed by atoms with Crippen molar-refractivity contribution in [3.05, 3.63) is 51.9 Å². The van der Waals surface area contributed by atoms with Gasteiger partial charge in [0.05, 0.1) is 22.0 Å². The van der Waals surface area contributed by atoms with Crippen LogP contribution in [0.1, 0.15) is 46.6 Å². The van der Waals surface area contributed by atoms with Gasteiger partial charge in [0, 0.05) is 12.6 Å². The van der Waals surface area contributed by atoms with Gasteiger partial charge >= 0.3 is 17.9 Å². The van der Waals surface area contributed by atoms with Crippen LogP contribution < -0.4 is 11.1 Å². The highest BCUT2D eigenvalue weighted by Crippen LogP contribution is 2.27. The summed E-state index contributed by atoms with van der Waals surface area (Å²) in [7, 11) is 0. The number of nitrogens with one attached hydrogen (secondary N) is 2. The third-order valence-corrected chi connectivity index (χ3v) is 6.72. The van der Waals surface area contributed by atoms with Gasteiger partial charge in [0.1, 0.15) is 23.4 Å². The number of ketones is 1. The first-order chi connectivity index (χ1) is 19.3. The van der Waals surface area contributed by atoms with Crippen LogP contribution in [0.15, 0.2) is 24.4 Å². The van der Waals surface area contributed by atoms with Crippen LogP contribution in [0.3, 0.4) is 0 Å². The highest BCUT2D eigenvalue weighted by atomic mass is 35.5. The molecule has 3 rings (SSSR count). The molecule has 0 saturated carbocycles. The van der Waals surface area contributed by atoms with E-state index in [4.69, 9.17) is 27.5 Å². The maximum absolute atomic E-state index is 13.0. The minimum Gasteiger partial charge on any atom is -0.493 e. The second-order valence-electron chi connectivity index (χ2n) is 9.38. The third kappa shape index (κ3) is 7.77. The number of carbonyl (C=O) groups excluding carboxylic acids is 2. The van der Waals surface area contributed by atoms with Gasteiger partial charge in [-0.2, -0.15) is 4.98 Å². The van der Waals surface area contributed by atoms with E-state index in [0.29, 0.717) is 29.7 Å². The number of hydrogen-bond acceptors (Lipinski definition) is 9. The quantitative estimate of drug-likeness (QED) is 0.132. The second-order valence-corrected chi connectivity index (χ2v) is 9.79. The lowest BCUT2D eigenvalue weighted by Gasteiger charge is -2.22. The van der Waals surface area contributed by atoms with Crippen molar-refractivity contribution < 1.29 is 44.4 Å². The van der Waals surface area contributed by atoms with Gasteiger partial charge in [-0.05, 0) is 55.9 Å². The van der Waals surface area contributed by atoms with Gasteiger partial charge in [0.25, 0.3) is 5.91 Å². The van der Waals surface area contributed by atoms with E-state index >= 15 is 0 Å². The number of rotatable bonds is 14. The number of aromatic hydroxyl groups is 1. The molecule has 0 saturated heterocycles. The Balaban J connectivity index is 1.76. The molecule has 0 fully saturated rings. The highest BCUT2D eigenvalue weighted by molar-refractivity contribution is 6.34. The molecule has 0 bridgehead atoms. The first kappa shape index (κ1) is 31.0. The van der Waals surface area contributed by atoms with E-state index in [9.17, 15) is 34.2 Å². The van der Waals surface area contributed by atoms with Crippen molar-refractivity contribution in [2.75, 3.05) is 0 Å². The van der Waals surface area contributed by atoms with Crippen molar-refractivity contribution in [3.63, 3.8) is 0 Å². The average molecular weight is 590 g/mol. The molecule has 2 aromatic heterocycles. The molecule has 1 amide bonds. The molecule has 0 aliphatic rings. The standard InChI is InChI=1S/C26H28ClN5O9/c1-11-30-22-20(24(37)31-11)13(10-29-22)4-2-12-3-5-14(16(27)8-12)23(36)32-18(6-7-19(33)34)21(35)15(25(38)39)9-17(28)26(40)41/h3,5,8,10,15,17-18H,2,4,6-7,9,28H2,1H3,(H,32,36)(H,33,34)(H,38,39)(H,40,41)(H2,29,30,31,37)/t15?,17-,18-/m0/s1. The Morgan fingerprint density at radius 2 is 1.78 bits per heavy atom. The molecular weight excluding hydrogens is 562 g/mol. The van der Waals surface area contributed by atoms with Crippen LogP contribution in [-0.2, 0) is 32.0 Å². The van der Waals surface area contributed by atoms with Gasteiger partial charge in [-0.3, -0.25) is 24.0 Å². The first-order valence-corrected chi connectivity index (χ1v) is 12.8. The molecule has 1 unspecified atom stereocenters. The van der Waals surface area contributed by atoms with E-state index in [2.05, 4.69) is 20.3 Å². The normalized spacial score (nSPS) is 13.3. The molecular formula is C26H28ClN5O9. The molecule has 14 nitrogen and oxygen atoms in total. The lowest BCUT2D eigenvalue weighted by Crippen LogP contribution is -2.47. The van der Waals surface area contributed by atoms with Crippen LogP contribution in [0.5, 0.6) is 5.88 Å². The number of H-pyrrole nitrogens is 1. The molecule has 1 aromatic carbocycles. The number of carbonyl (C=O) groups is 5. The number of halogens is 1. The Morgan fingerprint density at radius 3 is 2.39 bits per heavy atom. The van der Waals surface area contributed by atoms with Crippen molar-refractivity contribution in [1.82, 2.24) is 20.3 Å². The van der Waals surface area contributed by atoms with Crippen LogP contribution >= 0.6 is 11.6 Å². The Labute approximate surface area is 237 Å². The number of hydrogen-bond donors (Lipinski definition) is 7. The summed E-state index contributed by atoms with van der Waals surface area (Å²) >= 11 is 6.35. The molecule has 41 heavy (non-hydrogen) atoms. The highest BCUT2D eigenvalue weighted by Gasteiger charge is 2.36. The lowest BCUT2D eigenvalue weighted by molar-refractivity contribution is -0.148. The number of benzene rings is 1. The zero-order valence-electron chi connectivity index (χ0n) is 21.8. The predicted molar refractivity (Wildman–Crippen MR) is 144 cm³/mol. The number of nitrogens with two attached hydrogens (primary N) is 1. The van der Waals surface area contributed by atoms with Crippen LogP contribution in [0.4, 0.5) is 0 Å². The van der Waals surface area contributed by atoms with E-state index in [1.807, 2.05) is 0 Å². The molecule has 0 aliphatic carbocycles. The maximum Gasteiger partial charge on any atom is 0.320 e. The number of amides is 1. The molecule has 218 valence electrons. The molecule has 0 spiro atoms. The monoisotopic (exact) mass is 589 g/mol. The van der Waals surface area contributed by atoms with Crippen molar-refractivity contribution in [2.24, 2.45) is 11.7 Å². The summed E-state index contributed by atoms with van der Waals surface area (Å²) in [5.74, 6) is -8.03. The molecule has 2 heterocycles. The van der Waals surface area contributed by atoms with Gasteiger partial charge in [-0.15, -0.1) is 0 Å². The fourth-order valence-electron chi connectivity index (χ4n) is 4.29. The number of aliphatic carboxylic acids is 3. The molecule has 3 atom stereocenters. The smallest absolute Gasteiger partial charge is 0.320 e. The van der Waals surface area contributed by atoms with Crippen LogP contribution in [0, 0.1) is 12.8 Å². The van der Waals surface area contributed by atoms with Crippen LogP contribution in [-0.4, -0.2) is 77.1 Å². The van der Waals surface area contributed by atoms with E-state index in [-0.39, 0.29) is 16.5 Å². The molecule has 0 aliphatic heterocycles. The second kappa shape index (κ2) is 13.2. The van der Waals surface area contributed by atoms with Crippen molar-refractivity contribution >= 4 is 52.2 Å². The Kier molecular flexibility index (Phi) is 9.97. The largest absolute Gasteiger partial charge is 0.493 e. The summed E-state index contributed by atoms with van der Waals surface area (Å²) in [6.07, 6.45) is 0.883. The van der Waals surface area contributed by atoms with Crippen molar-refractivity contribution in [3.8, 4) is 5.88 Å². The SMILES string of the molecule is Cc1nc(O)c2c(CCc3ccc(C(=O)N[C@@H](CCC(=O)O)C(=O)C(C[C@H](N)C(=O)O)C(=O)O)c(Cl)c3)c[nH]c2n1. The molecule has 3 aromatic rings. The van der Waals surface area contributed by atoms with Crippen LogP contribution in [0.25, 0.3) is 11.0 Å². The van der Waals surface area contributed by atoms with Crippen LogP contribution in [0.2, 0.25) is 5.02 Å². The first-order valence-electron chi connectivity index (χ1n) is 12.4.